The van der Waals surface area contributed by atoms with Gasteiger partial charge in [0.25, 0.3) is 5.91 Å². The molecule has 2 aromatic rings. The van der Waals surface area contributed by atoms with Crippen molar-refractivity contribution in [3.63, 3.8) is 0 Å². The van der Waals surface area contributed by atoms with Crippen LogP contribution in [0.15, 0.2) is 54.6 Å². The van der Waals surface area contributed by atoms with Gasteiger partial charge >= 0.3 is 0 Å². The standard InChI is InChI=1S/C18H19NO4/c20-14(10-13-6-2-1-3-7-13)11-19-18(21)17-12-22-15-8-4-5-9-16(15)23-17/h1-9,14,17,20H,10-12H2,(H,19,21). The van der Waals surface area contributed by atoms with Crippen LogP contribution in [-0.4, -0.2) is 36.4 Å². The van der Waals surface area contributed by atoms with Gasteiger partial charge in [-0.05, 0) is 17.7 Å². The van der Waals surface area contributed by atoms with Crippen LogP contribution in [0.1, 0.15) is 5.56 Å². The predicted octanol–water partition coefficient (Wildman–Crippen LogP) is 1.55. The van der Waals surface area contributed by atoms with E-state index in [2.05, 4.69) is 5.32 Å². The zero-order valence-corrected chi connectivity index (χ0v) is 12.6. The molecule has 0 saturated heterocycles. The summed E-state index contributed by atoms with van der Waals surface area (Å²) in [5, 5.41) is 12.7. The second-order valence-corrected chi connectivity index (χ2v) is 5.45. The third kappa shape index (κ3) is 4.02. The van der Waals surface area contributed by atoms with E-state index in [0.29, 0.717) is 17.9 Å². The fourth-order valence-corrected chi connectivity index (χ4v) is 2.44. The van der Waals surface area contributed by atoms with E-state index in [9.17, 15) is 9.90 Å². The summed E-state index contributed by atoms with van der Waals surface area (Å²) in [5.74, 6) is 0.913. The lowest BCUT2D eigenvalue weighted by molar-refractivity contribution is -0.130. The summed E-state index contributed by atoms with van der Waals surface area (Å²) >= 11 is 0. The van der Waals surface area contributed by atoms with Gasteiger partial charge in [-0.2, -0.15) is 0 Å². The van der Waals surface area contributed by atoms with Crippen molar-refractivity contribution in [2.24, 2.45) is 0 Å². The Kier molecular flexibility index (Phi) is 4.78. The maximum absolute atomic E-state index is 12.1. The molecule has 2 atom stereocenters. The van der Waals surface area contributed by atoms with Gasteiger partial charge < -0.3 is 19.9 Å². The predicted molar refractivity (Wildman–Crippen MR) is 85.5 cm³/mol. The molecule has 0 aromatic heterocycles. The smallest absolute Gasteiger partial charge is 0.264 e. The number of benzene rings is 2. The van der Waals surface area contributed by atoms with Crippen molar-refractivity contribution in [2.45, 2.75) is 18.6 Å². The van der Waals surface area contributed by atoms with E-state index in [1.54, 1.807) is 12.1 Å². The summed E-state index contributed by atoms with van der Waals surface area (Å²) in [4.78, 5) is 12.1. The first-order valence-electron chi connectivity index (χ1n) is 7.60. The first kappa shape index (κ1) is 15.4. The Bertz CT molecular complexity index is 659. The number of fused-ring (bicyclic) bond motifs is 1. The number of rotatable bonds is 5. The Morgan fingerprint density at radius 2 is 1.83 bits per heavy atom. The third-order valence-corrected chi connectivity index (χ3v) is 3.63. The number of para-hydroxylation sites is 2. The van der Waals surface area contributed by atoms with Crippen LogP contribution in [0, 0.1) is 0 Å². The number of aliphatic hydroxyl groups excluding tert-OH is 1. The highest BCUT2D eigenvalue weighted by Crippen LogP contribution is 2.30. The molecular weight excluding hydrogens is 294 g/mol. The molecule has 2 unspecified atom stereocenters. The summed E-state index contributed by atoms with van der Waals surface area (Å²) in [6, 6.07) is 16.9. The third-order valence-electron chi connectivity index (χ3n) is 3.63. The first-order chi connectivity index (χ1) is 11.2. The van der Waals surface area contributed by atoms with Gasteiger partial charge in [0.15, 0.2) is 11.5 Å². The van der Waals surface area contributed by atoms with Gasteiger partial charge in [0, 0.05) is 13.0 Å². The molecule has 1 aliphatic rings. The van der Waals surface area contributed by atoms with Gasteiger partial charge in [0.05, 0.1) is 6.10 Å². The maximum Gasteiger partial charge on any atom is 0.264 e. The van der Waals surface area contributed by atoms with Gasteiger partial charge in [-0.25, -0.2) is 0 Å². The van der Waals surface area contributed by atoms with Crippen molar-refractivity contribution in [3.8, 4) is 11.5 Å². The van der Waals surface area contributed by atoms with E-state index in [-0.39, 0.29) is 19.1 Å². The monoisotopic (exact) mass is 313 g/mol. The van der Waals surface area contributed by atoms with E-state index >= 15 is 0 Å². The van der Waals surface area contributed by atoms with Crippen LogP contribution >= 0.6 is 0 Å². The van der Waals surface area contributed by atoms with Gasteiger partial charge in [-0.15, -0.1) is 0 Å². The molecule has 0 aliphatic carbocycles. The van der Waals surface area contributed by atoms with Crippen LogP contribution in [0.3, 0.4) is 0 Å². The van der Waals surface area contributed by atoms with Gasteiger partial charge in [-0.3, -0.25) is 4.79 Å². The normalized spacial score (nSPS) is 17.3. The van der Waals surface area contributed by atoms with E-state index in [4.69, 9.17) is 9.47 Å². The second-order valence-electron chi connectivity index (χ2n) is 5.45. The van der Waals surface area contributed by atoms with Crippen molar-refractivity contribution in [1.82, 2.24) is 5.32 Å². The van der Waals surface area contributed by atoms with Crippen LogP contribution in [0.4, 0.5) is 0 Å². The number of carbonyl (C=O) groups is 1. The van der Waals surface area contributed by atoms with Crippen molar-refractivity contribution in [1.29, 1.82) is 0 Å². The number of hydrogen-bond acceptors (Lipinski definition) is 4. The SMILES string of the molecule is O=C(NCC(O)Cc1ccccc1)C1COc2ccccc2O1. The number of ether oxygens (including phenoxy) is 2. The molecule has 5 heteroatoms. The molecule has 1 heterocycles. The van der Waals surface area contributed by atoms with Crippen LogP contribution in [0.2, 0.25) is 0 Å². The largest absolute Gasteiger partial charge is 0.485 e. The summed E-state index contributed by atoms with van der Waals surface area (Å²) < 4.78 is 11.1. The highest BCUT2D eigenvalue weighted by molar-refractivity contribution is 5.81. The van der Waals surface area contributed by atoms with Crippen LogP contribution in [0.25, 0.3) is 0 Å². The number of amides is 1. The molecule has 5 nitrogen and oxygen atoms in total. The lowest BCUT2D eigenvalue weighted by Crippen LogP contribution is -2.46. The van der Waals surface area contributed by atoms with Crippen LogP contribution in [-0.2, 0) is 11.2 Å². The van der Waals surface area contributed by atoms with E-state index in [0.717, 1.165) is 5.56 Å². The summed E-state index contributed by atoms with van der Waals surface area (Å²) in [6.07, 6.45) is -0.849. The highest BCUT2D eigenvalue weighted by Gasteiger charge is 2.27. The van der Waals surface area contributed by atoms with Crippen molar-refractivity contribution >= 4 is 5.91 Å². The van der Waals surface area contributed by atoms with E-state index in [1.165, 1.54) is 0 Å². The fraction of sp³-hybridized carbons (Fsp3) is 0.278. The molecule has 0 fully saturated rings. The average Bonchev–Trinajstić information content (AvgIpc) is 2.60. The zero-order chi connectivity index (χ0) is 16.1. The molecule has 0 spiro atoms. The highest BCUT2D eigenvalue weighted by atomic mass is 16.6. The topological polar surface area (TPSA) is 67.8 Å². The Morgan fingerprint density at radius 1 is 1.13 bits per heavy atom. The number of nitrogens with one attached hydrogen (secondary N) is 1. The summed E-state index contributed by atoms with van der Waals surface area (Å²) in [6.45, 7) is 0.340. The molecular formula is C18H19NO4. The zero-order valence-electron chi connectivity index (χ0n) is 12.6. The Balaban J connectivity index is 1.48. The maximum atomic E-state index is 12.1. The van der Waals surface area contributed by atoms with Crippen molar-refractivity contribution in [3.05, 3.63) is 60.2 Å². The molecule has 1 amide bonds. The molecule has 1 aliphatic heterocycles. The molecule has 3 rings (SSSR count). The average molecular weight is 313 g/mol. The van der Waals surface area contributed by atoms with Crippen LogP contribution < -0.4 is 14.8 Å². The Labute approximate surface area is 134 Å². The minimum absolute atomic E-state index is 0.164. The van der Waals surface area contributed by atoms with E-state index < -0.39 is 12.2 Å². The fourth-order valence-electron chi connectivity index (χ4n) is 2.44. The number of aliphatic hydroxyl groups is 1. The minimum Gasteiger partial charge on any atom is -0.485 e. The lowest BCUT2D eigenvalue weighted by atomic mass is 10.1. The Morgan fingerprint density at radius 3 is 2.61 bits per heavy atom. The molecule has 0 saturated carbocycles. The van der Waals surface area contributed by atoms with Gasteiger partial charge in [0.1, 0.15) is 6.61 Å². The molecule has 2 aromatic carbocycles. The van der Waals surface area contributed by atoms with Crippen LogP contribution in [0.5, 0.6) is 11.5 Å². The minimum atomic E-state index is -0.700. The summed E-state index contributed by atoms with van der Waals surface area (Å²) in [7, 11) is 0. The van der Waals surface area contributed by atoms with Gasteiger partial charge in [0.2, 0.25) is 6.10 Å². The quantitative estimate of drug-likeness (QED) is 0.879. The van der Waals surface area contributed by atoms with Crippen molar-refractivity contribution in [2.75, 3.05) is 13.2 Å². The molecule has 2 N–H and O–H groups in total. The van der Waals surface area contributed by atoms with Crippen molar-refractivity contribution < 1.29 is 19.4 Å². The number of hydrogen-bond donors (Lipinski definition) is 2. The summed E-state index contributed by atoms with van der Waals surface area (Å²) in [5.41, 5.74) is 1.03. The van der Waals surface area contributed by atoms with E-state index in [1.807, 2.05) is 42.5 Å². The first-order valence-corrected chi connectivity index (χ1v) is 7.60. The number of carbonyl (C=O) groups excluding carboxylic acids is 1. The Hall–Kier alpha value is -2.53. The molecule has 23 heavy (non-hydrogen) atoms. The molecule has 0 bridgehead atoms. The second kappa shape index (κ2) is 7.15. The van der Waals surface area contributed by atoms with Gasteiger partial charge in [-0.1, -0.05) is 42.5 Å². The molecule has 0 radical (unpaired) electrons. The lowest BCUT2D eigenvalue weighted by Gasteiger charge is -2.25. The molecule has 120 valence electrons.